The van der Waals surface area contributed by atoms with Crippen molar-refractivity contribution in [2.75, 3.05) is 11.8 Å². The summed E-state index contributed by atoms with van der Waals surface area (Å²) < 4.78 is 8.49. The summed E-state index contributed by atoms with van der Waals surface area (Å²) in [7, 11) is 1.66. The van der Waals surface area contributed by atoms with Crippen LogP contribution in [0.5, 0.6) is 5.75 Å². The Labute approximate surface area is 155 Å². The molecule has 1 aromatic heterocycles. The quantitative estimate of drug-likeness (QED) is 0.537. The lowest BCUT2D eigenvalue weighted by molar-refractivity contribution is 0.415. The van der Waals surface area contributed by atoms with Crippen molar-refractivity contribution in [2.45, 2.75) is 18.7 Å². The molecule has 3 aromatic rings. The van der Waals surface area contributed by atoms with Gasteiger partial charge in [-0.15, -0.1) is 11.3 Å². The smallest absolute Gasteiger partial charge is 0.147 e. The van der Waals surface area contributed by atoms with Gasteiger partial charge in [-0.1, -0.05) is 11.6 Å². The van der Waals surface area contributed by atoms with Crippen molar-refractivity contribution < 1.29 is 4.74 Å². The molecule has 24 heavy (non-hydrogen) atoms. The van der Waals surface area contributed by atoms with Crippen molar-refractivity contribution in [1.82, 2.24) is 4.98 Å². The van der Waals surface area contributed by atoms with Gasteiger partial charge >= 0.3 is 0 Å². The molecule has 0 saturated heterocycles. The lowest BCUT2D eigenvalue weighted by atomic mass is 10.2. The zero-order valence-electron chi connectivity index (χ0n) is 13.6. The van der Waals surface area contributed by atoms with Gasteiger partial charge in [-0.05, 0) is 73.3 Å². The predicted molar refractivity (Wildman–Crippen MR) is 105 cm³/mol. The van der Waals surface area contributed by atoms with Crippen LogP contribution in [0.1, 0.15) is 11.1 Å². The van der Waals surface area contributed by atoms with E-state index < -0.39 is 0 Å². The number of aryl methyl sites for hydroxylation is 2. The highest BCUT2D eigenvalue weighted by Gasteiger charge is 2.08. The van der Waals surface area contributed by atoms with Crippen LogP contribution in [0.15, 0.2) is 46.7 Å². The van der Waals surface area contributed by atoms with Gasteiger partial charge in [0.25, 0.3) is 0 Å². The van der Waals surface area contributed by atoms with Gasteiger partial charge in [0, 0.05) is 20.9 Å². The van der Waals surface area contributed by atoms with Gasteiger partial charge in [-0.3, -0.25) is 0 Å². The molecular formula is C18H17ClN2OS2. The van der Waals surface area contributed by atoms with E-state index in [0.29, 0.717) is 0 Å². The fourth-order valence-electron chi connectivity index (χ4n) is 2.16. The van der Waals surface area contributed by atoms with Crippen LogP contribution < -0.4 is 9.46 Å². The van der Waals surface area contributed by atoms with E-state index in [1.165, 1.54) is 0 Å². The summed E-state index contributed by atoms with van der Waals surface area (Å²) in [5, 5.41) is 3.79. The second-order valence-electron chi connectivity index (χ2n) is 5.34. The Morgan fingerprint density at radius 2 is 1.88 bits per heavy atom. The molecule has 3 nitrogen and oxygen atoms in total. The van der Waals surface area contributed by atoms with E-state index in [1.54, 1.807) is 30.4 Å². The number of hydrogen-bond donors (Lipinski definition) is 1. The van der Waals surface area contributed by atoms with E-state index >= 15 is 0 Å². The van der Waals surface area contributed by atoms with Crippen molar-refractivity contribution in [3.05, 3.63) is 57.9 Å². The number of thiazole rings is 1. The van der Waals surface area contributed by atoms with Gasteiger partial charge in [-0.25, -0.2) is 4.98 Å². The summed E-state index contributed by atoms with van der Waals surface area (Å²) in [6, 6.07) is 12.0. The normalized spacial score (nSPS) is 10.7. The van der Waals surface area contributed by atoms with Crippen LogP contribution in [0, 0.1) is 13.8 Å². The van der Waals surface area contributed by atoms with Gasteiger partial charge in [0.05, 0.1) is 7.11 Å². The number of hydrogen-bond acceptors (Lipinski definition) is 5. The second kappa shape index (κ2) is 7.47. The van der Waals surface area contributed by atoms with Crippen LogP contribution in [-0.2, 0) is 0 Å². The molecule has 0 aliphatic heterocycles. The number of nitrogens with one attached hydrogen (secondary N) is 1. The van der Waals surface area contributed by atoms with Crippen molar-refractivity contribution in [1.29, 1.82) is 0 Å². The summed E-state index contributed by atoms with van der Waals surface area (Å²) in [5.74, 6) is 1.70. The molecule has 0 aliphatic carbocycles. The lowest BCUT2D eigenvalue weighted by Crippen LogP contribution is -1.90. The van der Waals surface area contributed by atoms with E-state index in [9.17, 15) is 0 Å². The number of nitrogens with zero attached hydrogens (tertiary/aromatic N) is 1. The molecule has 2 aromatic carbocycles. The van der Waals surface area contributed by atoms with Crippen LogP contribution >= 0.6 is 34.9 Å². The van der Waals surface area contributed by atoms with Crippen molar-refractivity contribution in [3.8, 4) is 16.3 Å². The van der Waals surface area contributed by atoms with Crippen LogP contribution in [0.25, 0.3) is 10.6 Å². The molecular weight excluding hydrogens is 360 g/mol. The third-order valence-electron chi connectivity index (χ3n) is 3.56. The predicted octanol–water partition coefficient (Wildman–Crippen LogP) is 6.21. The fourth-order valence-corrected chi connectivity index (χ4v) is 3.98. The molecule has 0 amide bonds. The molecule has 0 unspecified atom stereocenters. The van der Waals surface area contributed by atoms with E-state index in [-0.39, 0.29) is 0 Å². The Kier molecular flexibility index (Phi) is 5.33. The Bertz CT molecular complexity index is 847. The summed E-state index contributed by atoms with van der Waals surface area (Å²) >= 11 is 9.31. The molecule has 124 valence electrons. The van der Waals surface area contributed by atoms with Gasteiger partial charge in [-0.2, -0.15) is 0 Å². The highest BCUT2D eigenvalue weighted by molar-refractivity contribution is 8.00. The first-order valence-corrected chi connectivity index (χ1v) is 9.44. The summed E-state index contributed by atoms with van der Waals surface area (Å²) in [5.41, 5.74) is 3.30. The monoisotopic (exact) mass is 376 g/mol. The highest BCUT2D eigenvalue weighted by Crippen LogP contribution is 2.32. The van der Waals surface area contributed by atoms with Gasteiger partial charge < -0.3 is 9.46 Å². The molecule has 0 spiro atoms. The first kappa shape index (κ1) is 17.1. The topological polar surface area (TPSA) is 34.1 Å². The maximum atomic E-state index is 6.15. The molecule has 0 bridgehead atoms. The molecule has 1 heterocycles. The molecule has 0 fully saturated rings. The average Bonchev–Trinajstić information content (AvgIpc) is 3.06. The zero-order valence-corrected chi connectivity index (χ0v) is 16.0. The zero-order chi connectivity index (χ0) is 17.1. The standard InChI is InChI=1S/C18H17ClN2OS2/c1-11-9-16(12(2)8-15(11)19)24-21-17-10-23-18(20-17)13-4-6-14(22-3)7-5-13/h4-10,21H,1-3H3. The highest BCUT2D eigenvalue weighted by atomic mass is 35.5. The largest absolute Gasteiger partial charge is 0.497 e. The number of ether oxygens (including phenoxy) is 1. The van der Waals surface area contributed by atoms with Gasteiger partial charge in [0.15, 0.2) is 0 Å². The first-order chi connectivity index (χ1) is 11.6. The summed E-state index contributed by atoms with van der Waals surface area (Å²) in [6.45, 7) is 4.07. The van der Waals surface area contributed by atoms with Gasteiger partial charge in [0.1, 0.15) is 16.6 Å². The molecule has 0 saturated carbocycles. The molecule has 0 atom stereocenters. The van der Waals surface area contributed by atoms with Crippen molar-refractivity contribution in [3.63, 3.8) is 0 Å². The van der Waals surface area contributed by atoms with Crippen LogP contribution in [-0.4, -0.2) is 12.1 Å². The maximum Gasteiger partial charge on any atom is 0.147 e. The van der Waals surface area contributed by atoms with Crippen molar-refractivity contribution in [2.24, 2.45) is 0 Å². The Morgan fingerprint density at radius 3 is 2.58 bits per heavy atom. The van der Waals surface area contributed by atoms with Crippen molar-refractivity contribution >= 4 is 40.7 Å². The van der Waals surface area contributed by atoms with E-state index in [4.69, 9.17) is 16.3 Å². The van der Waals surface area contributed by atoms with E-state index in [2.05, 4.69) is 22.7 Å². The lowest BCUT2D eigenvalue weighted by Gasteiger charge is -2.08. The number of rotatable bonds is 5. The molecule has 0 aliphatic rings. The Morgan fingerprint density at radius 1 is 1.12 bits per heavy atom. The number of aromatic nitrogens is 1. The third-order valence-corrected chi connectivity index (χ3v) is 5.83. The van der Waals surface area contributed by atoms with Crippen LogP contribution in [0.2, 0.25) is 5.02 Å². The minimum Gasteiger partial charge on any atom is -0.497 e. The molecule has 3 rings (SSSR count). The second-order valence-corrected chi connectivity index (χ2v) is 7.45. The fraction of sp³-hybridized carbons (Fsp3) is 0.167. The summed E-state index contributed by atoms with van der Waals surface area (Å²) in [4.78, 5) is 5.79. The van der Waals surface area contributed by atoms with Gasteiger partial charge in [0.2, 0.25) is 0 Å². The Hall–Kier alpha value is -1.69. The minimum atomic E-state index is 0.798. The minimum absolute atomic E-state index is 0.798. The number of benzene rings is 2. The molecule has 0 radical (unpaired) electrons. The van der Waals surface area contributed by atoms with E-state index in [0.717, 1.165) is 43.2 Å². The first-order valence-electron chi connectivity index (χ1n) is 7.36. The Balaban J connectivity index is 1.71. The van der Waals surface area contributed by atoms with Crippen LogP contribution in [0.4, 0.5) is 5.82 Å². The third kappa shape index (κ3) is 3.86. The SMILES string of the molecule is COc1ccc(-c2nc(NSc3cc(C)c(Cl)cc3C)cs2)cc1. The number of halogens is 1. The number of anilines is 1. The molecule has 6 heteroatoms. The molecule has 1 N–H and O–H groups in total. The van der Waals surface area contributed by atoms with Crippen LogP contribution in [0.3, 0.4) is 0 Å². The van der Waals surface area contributed by atoms with E-state index in [1.807, 2.05) is 42.6 Å². The summed E-state index contributed by atoms with van der Waals surface area (Å²) in [6.07, 6.45) is 0. The maximum absolute atomic E-state index is 6.15. The average molecular weight is 377 g/mol. The number of methoxy groups -OCH3 is 1.